The largest absolute Gasteiger partial charge is 0.370 e. The quantitative estimate of drug-likeness (QED) is 0.656. The standard InChI is InChI=1S/C24H27N3O4/c1-17-6-8-18(9-7-17)21(15-26-10-12-31-13-11-26)25-22(28)16-27-23(29)14-19-4-2-3-5-20(19)24(27)30/h2-9,21H,10-16H2,1H3,(H,25,28)/p+1/t21-/m1/s1. The van der Waals surface area contributed by atoms with Crippen LogP contribution >= 0.6 is 0 Å². The molecule has 1 atom stereocenters. The molecule has 3 amide bonds. The first-order chi connectivity index (χ1) is 15.0. The van der Waals surface area contributed by atoms with Gasteiger partial charge in [0.25, 0.3) is 5.91 Å². The average Bonchev–Trinajstić information content (AvgIpc) is 2.77. The van der Waals surface area contributed by atoms with Crippen LogP contribution in [0.4, 0.5) is 0 Å². The molecule has 0 spiro atoms. The molecule has 2 heterocycles. The van der Waals surface area contributed by atoms with Gasteiger partial charge in [0.2, 0.25) is 11.8 Å². The molecule has 0 unspecified atom stereocenters. The van der Waals surface area contributed by atoms with Gasteiger partial charge in [-0.25, -0.2) is 0 Å². The highest BCUT2D eigenvalue weighted by molar-refractivity contribution is 6.11. The van der Waals surface area contributed by atoms with E-state index < -0.39 is 5.91 Å². The number of amides is 3. The van der Waals surface area contributed by atoms with E-state index in [1.165, 1.54) is 4.90 Å². The molecular weight excluding hydrogens is 394 g/mol. The number of nitrogens with zero attached hydrogens (tertiary/aromatic N) is 1. The van der Waals surface area contributed by atoms with Crippen LogP contribution in [0.5, 0.6) is 0 Å². The Morgan fingerprint density at radius 3 is 2.55 bits per heavy atom. The summed E-state index contributed by atoms with van der Waals surface area (Å²) in [7, 11) is 0. The molecule has 7 heteroatoms. The summed E-state index contributed by atoms with van der Waals surface area (Å²) in [6.45, 7) is 5.67. The molecule has 1 fully saturated rings. The third-order valence-electron chi connectivity index (χ3n) is 5.95. The summed E-state index contributed by atoms with van der Waals surface area (Å²) in [5.41, 5.74) is 3.36. The van der Waals surface area contributed by atoms with Crippen LogP contribution in [0.25, 0.3) is 0 Å². The van der Waals surface area contributed by atoms with Gasteiger partial charge in [-0.1, -0.05) is 48.0 Å². The molecule has 1 saturated heterocycles. The van der Waals surface area contributed by atoms with Crippen molar-refractivity contribution in [2.75, 3.05) is 39.4 Å². The Kier molecular flexibility index (Phi) is 6.44. The van der Waals surface area contributed by atoms with Crippen molar-refractivity contribution < 1.29 is 24.0 Å². The Labute approximate surface area is 182 Å². The van der Waals surface area contributed by atoms with E-state index in [2.05, 4.69) is 5.32 Å². The summed E-state index contributed by atoms with van der Waals surface area (Å²) in [6, 6.07) is 14.9. The molecule has 0 radical (unpaired) electrons. The number of fused-ring (bicyclic) bond motifs is 1. The van der Waals surface area contributed by atoms with Gasteiger partial charge in [0.05, 0.1) is 19.6 Å². The number of imide groups is 1. The van der Waals surface area contributed by atoms with Gasteiger partial charge >= 0.3 is 0 Å². The lowest BCUT2D eigenvalue weighted by atomic mass is 9.98. The number of ether oxygens (including phenoxy) is 1. The summed E-state index contributed by atoms with van der Waals surface area (Å²) in [6.07, 6.45) is 0.133. The van der Waals surface area contributed by atoms with Gasteiger partial charge in [0.1, 0.15) is 32.2 Å². The Bertz CT molecular complexity index is 967. The molecule has 2 aromatic rings. The van der Waals surface area contributed by atoms with Crippen molar-refractivity contribution in [2.45, 2.75) is 19.4 Å². The summed E-state index contributed by atoms with van der Waals surface area (Å²) >= 11 is 0. The number of nitrogens with one attached hydrogen (secondary N) is 2. The maximum Gasteiger partial charge on any atom is 0.261 e. The van der Waals surface area contributed by atoms with Crippen LogP contribution in [-0.4, -0.2) is 62.0 Å². The lowest BCUT2D eigenvalue weighted by Gasteiger charge is -2.30. The SMILES string of the molecule is Cc1ccc([C@@H](C[NH+]2CCOCC2)NC(=O)CN2C(=O)Cc3ccccc3C2=O)cc1. The van der Waals surface area contributed by atoms with Crippen LogP contribution in [-0.2, 0) is 20.7 Å². The Morgan fingerprint density at radius 2 is 1.81 bits per heavy atom. The minimum atomic E-state index is -0.410. The van der Waals surface area contributed by atoms with E-state index >= 15 is 0 Å². The number of quaternary nitrogens is 1. The number of hydrogen-bond acceptors (Lipinski definition) is 4. The Balaban J connectivity index is 1.47. The molecule has 2 aromatic carbocycles. The molecule has 31 heavy (non-hydrogen) atoms. The van der Waals surface area contributed by atoms with Crippen molar-refractivity contribution in [1.29, 1.82) is 0 Å². The number of hydrogen-bond donors (Lipinski definition) is 2. The molecule has 7 nitrogen and oxygen atoms in total. The number of morpholine rings is 1. The fourth-order valence-electron chi connectivity index (χ4n) is 4.15. The average molecular weight is 423 g/mol. The smallest absolute Gasteiger partial charge is 0.261 e. The van der Waals surface area contributed by atoms with Crippen molar-refractivity contribution in [2.24, 2.45) is 0 Å². The third-order valence-corrected chi connectivity index (χ3v) is 5.95. The number of carbonyl (C=O) groups is 3. The fourth-order valence-corrected chi connectivity index (χ4v) is 4.15. The van der Waals surface area contributed by atoms with Crippen LogP contribution < -0.4 is 10.2 Å². The summed E-state index contributed by atoms with van der Waals surface area (Å²) in [5.74, 6) is -1.09. The van der Waals surface area contributed by atoms with Gasteiger partial charge in [0.15, 0.2) is 0 Å². The zero-order valence-corrected chi connectivity index (χ0v) is 17.7. The third kappa shape index (κ3) is 5.00. The molecule has 0 saturated carbocycles. The second kappa shape index (κ2) is 9.41. The number of benzene rings is 2. The van der Waals surface area contributed by atoms with Crippen molar-refractivity contribution in [3.05, 3.63) is 70.8 Å². The van der Waals surface area contributed by atoms with Gasteiger partial charge < -0.3 is 15.0 Å². The summed E-state index contributed by atoms with van der Waals surface area (Å²) in [4.78, 5) is 40.6. The van der Waals surface area contributed by atoms with Gasteiger partial charge in [-0.15, -0.1) is 0 Å². The molecule has 0 aromatic heterocycles. The molecule has 0 aliphatic carbocycles. The van der Waals surface area contributed by atoms with Gasteiger partial charge in [-0.2, -0.15) is 0 Å². The second-order valence-corrected chi connectivity index (χ2v) is 8.22. The number of rotatable bonds is 6. The molecular formula is C24H28N3O4+. The minimum absolute atomic E-state index is 0.133. The van der Waals surface area contributed by atoms with Crippen LogP contribution in [0.15, 0.2) is 48.5 Å². The normalized spacial score (nSPS) is 17.9. The van der Waals surface area contributed by atoms with E-state index in [1.54, 1.807) is 18.2 Å². The lowest BCUT2D eigenvalue weighted by molar-refractivity contribution is -0.909. The number of aryl methyl sites for hydroxylation is 1. The van der Waals surface area contributed by atoms with Crippen molar-refractivity contribution in [1.82, 2.24) is 10.2 Å². The van der Waals surface area contributed by atoms with Gasteiger partial charge in [0, 0.05) is 5.56 Å². The first-order valence-corrected chi connectivity index (χ1v) is 10.7. The predicted molar refractivity (Wildman–Crippen MR) is 115 cm³/mol. The maximum absolute atomic E-state index is 12.9. The highest BCUT2D eigenvalue weighted by Crippen LogP contribution is 2.19. The topological polar surface area (TPSA) is 80.2 Å². The van der Waals surface area contributed by atoms with Crippen LogP contribution in [0.2, 0.25) is 0 Å². The van der Waals surface area contributed by atoms with E-state index in [1.807, 2.05) is 37.3 Å². The van der Waals surface area contributed by atoms with Gasteiger partial charge in [-0.3, -0.25) is 19.3 Å². The predicted octanol–water partition coefficient (Wildman–Crippen LogP) is 0.293. The highest BCUT2D eigenvalue weighted by Gasteiger charge is 2.33. The van der Waals surface area contributed by atoms with E-state index in [0.717, 1.165) is 35.7 Å². The van der Waals surface area contributed by atoms with Crippen molar-refractivity contribution >= 4 is 17.7 Å². The zero-order valence-electron chi connectivity index (χ0n) is 17.7. The number of carbonyl (C=O) groups excluding carboxylic acids is 3. The maximum atomic E-state index is 12.9. The van der Waals surface area contributed by atoms with E-state index in [-0.39, 0.29) is 30.8 Å². The molecule has 162 valence electrons. The first kappa shape index (κ1) is 21.2. The van der Waals surface area contributed by atoms with Crippen molar-refractivity contribution in [3.8, 4) is 0 Å². The lowest BCUT2D eigenvalue weighted by Crippen LogP contribution is -3.14. The minimum Gasteiger partial charge on any atom is -0.370 e. The molecule has 2 aliphatic rings. The van der Waals surface area contributed by atoms with E-state index in [4.69, 9.17) is 4.74 Å². The monoisotopic (exact) mass is 422 g/mol. The van der Waals surface area contributed by atoms with Crippen LogP contribution in [0.1, 0.15) is 33.1 Å². The van der Waals surface area contributed by atoms with Crippen LogP contribution in [0, 0.1) is 6.92 Å². The first-order valence-electron chi connectivity index (χ1n) is 10.7. The van der Waals surface area contributed by atoms with Gasteiger partial charge in [-0.05, 0) is 24.1 Å². The second-order valence-electron chi connectivity index (χ2n) is 8.22. The molecule has 2 aliphatic heterocycles. The van der Waals surface area contributed by atoms with Crippen molar-refractivity contribution in [3.63, 3.8) is 0 Å². The Morgan fingerprint density at radius 1 is 1.10 bits per heavy atom. The van der Waals surface area contributed by atoms with E-state index in [9.17, 15) is 14.4 Å². The summed E-state index contributed by atoms with van der Waals surface area (Å²) in [5, 5.41) is 3.07. The molecule has 2 N–H and O–H groups in total. The van der Waals surface area contributed by atoms with Crippen LogP contribution in [0.3, 0.4) is 0 Å². The van der Waals surface area contributed by atoms with E-state index in [0.29, 0.717) is 24.3 Å². The highest BCUT2D eigenvalue weighted by atomic mass is 16.5. The summed E-state index contributed by atoms with van der Waals surface area (Å²) < 4.78 is 5.45. The fraction of sp³-hybridized carbons (Fsp3) is 0.375. The molecule has 4 rings (SSSR count). The Hall–Kier alpha value is -3.03. The zero-order chi connectivity index (χ0) is 21.8. The molecule has 0 bridgehead atoms.